The number of hydrogen-bond donors (Lipinski definition) is 1. The van der Waals surface area contributed by atoms with Crippen molar-refractivity contribution >= 4 is 17.6 Å². The van der Waals surface area contributed by atoms with E-state index in [2.05, 4.69) is 0 Å². The van der Waals surface area contributed by atoms with Crippen LogP contribution in [0, 0.1) is 5.41 Å². The monoisotopic (exact) mass is 192 g/mol. The lowest BCUT2D eigenvalue weighted by molar-refractivity contribution is -0.148. The Labute approximate surface area is 78.9 Å². The molecule has 0 unspecified atom stereocenters. The van der Waals surface area contributed by atoms with Gasteiger partial charge in [0.1, 0.15) is 0 Å². The molecule has 2 nitrogen and oxygen atoms in total. The van der Waals surface area contributed by atoms with E-state index in [1.807, 2.05) is 6.92 Å². The van der Waals surface area contributed by atoms with Crippen LogP contribution in [0.3, 0.4) is 0 Å². The van der Waals surface area contributed by atoms with Crippen LogP contribution in [-0.4, -0.2) is 17.0 Å². The zero-order valence-electron chi connectivity index (χ0n) is 7.77. The lowest BCUT2D eigenvalue weighted by atomic mass is 9.82. The first-order valence-electron chi connectivity index (χ1n) is 4.36. The molecule has 0 rings (SSSR count). The molecule has 3 heteroatoms. The highest BCUT2D eigenvalue weighted by Crippen LogP contribution is 2.28. The molecule has 12 heavy (non-hydrogen) atoms. The van der Waals surface area contributed by atoms with Crippen LogP contribution in [0.4, 0.5) is 0 Å². The van der Waals surface area contributed by atoms with Crippen molar-refractivity contribution in [1.82, 2.24) is 0 Å². The zero-order chi connectivity index (χ0) is 9.61. The molecule has 0 spiro atoms. The van der Waals surface area contributed by atoms with Crippen molar-refractivity contribution in [3.63, 3.8) is 0 Å². The largest absolute Gasteiger partial charge is 0.481 e. The van der Waals surface area contributed by atoms with Crippen LogP contribution in [0.25, 0.3) is 0 Å². The third kappa shape index (κ3) is 3.44. The highest BCUT2D eigenvalue weighted by atomic mass is 35.5. The average molecular weight is 193 g/mol. The SMILES string of the molecule is CC[C@](C)(CCCCCl)C(=O)O. The molecule has 1 atom stereocenters. The third-order valence-corrected chi connectivity index (χ3v) is 2.68. The van der Waals surface area contributed by atoms with Crippen LogP contribution < -0.4 is 0 Å². The van der Waals surface area contributed by atoms with Crippen molar-refractivity contribution in [3.05, 3.63) is 0 Å². The molecule has 0 bridgehead atoms. The number of rotatable bonds is 6. The summed E-state index contributed by atoms with van der Waals surface area (Å²) in [6.07, 6.45) is 3.22. The number of unbranched alkanes of at least 4 members (excludes halogenated alkanes) is 1. The second-order valence-electron chi connectivity index (χ2n) is 3.37. The summed E-state index contributed by atoms with van der Waals surface area (Å²) in [4.78, 5) is 10.8. The van der Waals surface area contributed by atoms with E-state index in [1.165, 1.54) is 0 Å². The molecule has 1 N–H and O–H groups in total. The van der Waals surface area contributed by atoms with Crippen molar-refractivity contribution in [1.29, 1.82) is 0 Å². The van der Waals surface area contributed by atoms with E-state index in [-0.39, 0.29) is 0 Å². The van der Waals surface area contributed by atoms with Gasteiger partial charge in [-0.25, -0.2) is 0 Å². The molecule has 0 radical (unpaired) electrons. The first kappa shape index (κ1) is 11.8. The summed E-state index contributed by atoms with van der Waals surface area (Å²) in [7, 11) is 0. The topological polar surface area (TPSA) is 37.3 Å². The minimum atomic E-state index is -0.695. The van der Waals surface area contributed by atoms with E-state index in [0.717, 1.165) is 19.3 Å². The molecular formula is C9H17ClO2. The Kier molecular flexibility index (Phi) is 5.31. The maximum absolute atomic E-state index is 10.8. The van der Waals surface area contributed by atoms with E-state index >= 15 is 0 Å². The third-order valence-electron chi connectivity index (χ3n) is 2.41. The van der Waals surface area contributed by atoms with Crippen molar-refractivity contribution in [2.24, 2.45) is 5.41 Å². The number of carboxylic acids is 1. The van der Waals surface area contributed by atoms with Gasteiger partial charge in [0.15, 0.2) is 0 Å². The normalized spacial score (nSPS) is 15.6. The molecule has 0 amide bonds. The lowest BCUT2D eigenvalue weighted by Gasteiger charge is -2.22. The van der Waals surface area contributed by atoms with Crippen molar-refractivity contribution in [3.8, 4) is 0 Å². The molecule has 0 aromatic carbocycles. The fourth-order valence-corrected chi connectivity index (χ4v) is 1.23. The number of carbonyl (C=O) groups is 1. The van der Waals surface area contributed by atoms with Crippen molar-refractivity contribution in [2.45, 2.75) is 39.5 Å². The predicted octanol–water partition coefficient (Wildman–Crippen LogP) is 2.90. The quantitative estimate of drug-likeness (QED) is 0.519. The van der Waals surface area contributed by atoms with Gasteiger partial charge in [-0.2, -0.15) is 0 Å². The molecule has 0 aromatic heterocycles. The maximum Gasteiger partial charge on any atom is 0.309 e. The Balaban J connectivity index is 3.88. The van der Waals surface area contributed by atoms with E-state index in [4.69, 9.17) is 16.7 Å². The van der Waals surface area contributed by atoms with Gasteiger partial charge in [0.25, 0.3) is 0 Å². The summed E-state index contributed by atoms with van der Waals surface area (Å²) in [5, 5.41) is 8.90. The van der Waals surface area contributed by atoms with Gasteiger partial charge in [-0.3, -0.25) is 4.79 Å². The molecule has 0 saturated heterocycles. The van der Waals surface area contributed by atoms with Gasteiger partial charge in [0, 0.05) is 5.88 Å². The number of halogens is 1. The van der Waals surface area contributed by atoms with Gasteiger partial charge in [-0.05, 0) is 26.2 Å². The van der Waals surface area contributed by atoms with Crippen LogP contribution in [0.15, 0.2) is 0 Å². The van der Waals surface area contributed by atoms with Crippen LogP contribution in [0.1, 0.15) is 39.5 Å². The Hall–Kier alpha value is -0.240. The van der Waals surface area contributed by atoms with Crippen LogP contribution in [0.5, 0.6) is 0 Å². The summed E-state index contributed by atoms with van der Waals surface area (Å²) >= 11 is 5.51. The molecule has 0 aliphatic rings. The summed E-state index contributed by atoms with van der Waals surface area (Å²) in [6.45, 7) is 3.71. The number of hydrogen-bond acceptors (Lipinski definition) is 1. The van der Waals surface area contributed by atoms with E-state index in [9.17, 15) is 4.79 Å². The summed E-state index contributed by atoms with van der Waals surface area (Å²) in [5.74, 6) is -0.0704. The Bertz CT molecular complexity index is 147. The van der Waals surface area contributed by atoms with Crippen LogP contribution in [0.2, 0.25) is 0 Å². The minimum Gasteiger partial charge on any atom is -0.481 e. The van der Waals surface area contributed by atoms with E-state index in [1.54, 1.807) is 6.92 Å². The number of aliphatic carboxylic acids is 1. The van der Waals surface area contributed by atoms with Gasteiger partial charge < -0.3 is 5.11 Å². The first-order chi connectivity index (χ1) is 5.56. The second-order valence-corrected chi connectivity index (χ2v) is 3.74. The fourth-order valence-electron chi connectivity index (χ4n) is 1.04. The van der Waals surface area contributed by atoms with Crippen molar-refractivity contribution < 1.29 is 9.90 Å². The number of alkyl halides is 1. The Morgan fingerprint density at radius 3 is 2.42 bits per heavy atom. The summed E-state index contributed by atoms with van der Waals surface area (Å²) < 4.78 is 0. The molecule has 0 aliphatic heterocycles. The average Bonchev–Trinajstić information content (AvgIpc) is 2.04. The molecule has 0 aliphatic carbocycles. The van der Waals surface area contributed by atoms with Crippen LogP contribution in [-0.2, 0) is 4.79 Å². The predicted molar refractivity (Wildman–Crippen MR) is 50.6 cm³/mol. The molecule has 0 saturated carbocycles. The molecule has 72 valence electrons. The smallest absolute Gasteiger partial charge is 0.309 e. The minimum absolute atomic E-state index is 0.550. The molecule has 0 heterocycles. The van der Waals surface area contributed by atoms with Gasteiger partial charge in [0.2, 0.25) is 0 Å². The molecule has 0 fully saturated rings. The summed E-state index contributed by atoms with van der Waals surface area (Å²) in [6, 6.07) is 0. The second kappa shape index (κ2) is 5.41. The van der Waals surface area contributed by atoms with Gasteiger partial charge >= 0.3 is 5.97 Å². The summed E-state index contributed by atoms with van der Waals surface area (Å²) in [5.41, 5.74) is -0.550. The molecule has 0 aromatic rings. The Morgan fingerprint density at radius 2 is 2.08 bits per heavy atom. The van der Waals surface area contributed by atoms with E-state index in [0.29, 0.717) is 12.3 Å². The standard InChI is InChI=1S/C9H17ClO2/c1-3-9(2,8(11)12)6-4-5-7-10/h3-7H2,1-2H3,(H,11,12)/t9-/m1/s1. The van der Waals surface area contributed by atoms with Crippen molar-refractivity contribution in [2.75, 3.05) is 5.88 Å². The Morgan fingerprint density at radius 1 is 1.50 bits per heavy atom. The lowest BCUT2D eigenvalue weighted by Crippen LogP contribution is -2.26. The maximum atomic E-state index is 10.8. The van der Waals surface area contributed by atoms with Gasteiger partial charge in [0.05, 0.1) is 5.41 Å². The highest BCUT2D eigenvalue weighted by molar-refractivity contribution is 6.17. The molecular weight excluding hydrogens is 176 g/mol. The number of carboxylic acid groups (broad SMARTS) is 1. The van der Waals surface area contributed by atoms with Gasteiger partial charge in [-0.1, -0.05) is 13.3 Å². The fraction of sp³-hybridized carbons (Fsp3) is 0.889. The van der Waals surface area contributed by atoms with Gasteiger partial charge in [-0.15, -0.1) is 11.6 Å². The zero-order valence-corrected chi connectivity index (χ0v) is 8.52. The van der Waals surface area contributed by atoms with E-state index < -0.39 is 11.4 Å². The van der Waals surface area contributed by atoms with Crippen LogP contribution >= 0.6 is 11.6 Å². The highest BCUT2D eigenvalue weighted by Gasteiger charge is 2.29. The first-order valence-corrected chi connectivity index (χ1v) is 4.89.